The smallest absolute Gasteiger partial charge is 0.324 e. The van der Waals surface area contributed by atoms with E-state index < -0.39 is 12.7 Å². The molecule has 31 heavy (non-hydrogen) atoms. The molecule has 1 fully saturated rings. The topological polar surface area (TPSA) is 64.7 Å². The second-order valence-corrected chi connectivity index (χ2v) is 7.66. The number of alkyl halides is 3. The van der Waals surface area contributed by atoms with E-state index in [-0.39, 0.29) is 31.4 Å². The Kier molecular flexibility index (Phi) is 7.53. The van der Waals surface area contributed by atoms with Crippen LogP contribution < -0.4 is 10.6 Å². The first kappa shape index (κ1) is 23.1. The summed E-state index contributed by atoms with van der Waals surface area (Å²) in [5.41, 5.74) is 1.21. The minimum Gasteiger partial charge on any atom is -0.324 e. The molecule has 6 nitrogen and oxygen atoms in total. The molecule has 0 unspecified atom stereocenters. The maximum absolute atomic E-state index is 12.6. The molecule has 0 aromatic heterocycles. The summed E-state index contributed by atoms with van der Waals surface area (Å²) in [4.78, 5) is 28.2. The zero-order chi connectivity index (χ0) is 22.4. The van der Waals surface area contributed by atoms with Gasteiger partial charge in [0.05, 0.1) is 24.3 Å². The molecular formula is C21H22ClF3N4O2. The summed E-state index contributed by atoms with van der Waals surface area (Å²) in [5.74, 6) is -0.727. The Morgan fingerprint density at radius 1 is 0.903 bits per heavy atom. The average molecular weight is 455 g/mol. The van der Waals surface area contributed by atoms with Crippen LogP contribution in [0.2, 0.25) is 5.02 Å². The van der Waals surface area contributed by atoms with Crippen molar-refractivity contribution in [1.29, 1.82) is 0 Å². The summed E-state index contributed by atoms with van der Waals surface area (Å²) in [6.07, 6.45) is -4.23. The maximum Gasteiger partial charge on any atom is 0.401 e. The lowest BCUT2D eigenvalue weighted by molar-refractivity contribution is -0.149. The molecule has 2 aromatic carbocycles. The summed E-state index contributed by atoms with van der Waals surface area (Å²) in [7, 11) is 0. The van der Waals surface area contributed by atoms with Crippen LogP contribution in [0.25, 0.3) is 0 Å². The van der Waals surface area contributed by atoms with Gasteiger partial charge in [-0.3, -0.25) is 19.4 Å². The number of carbonyl (C=O) groups excluding carboxylic acids is 2. The molecule has 0 radical (unpaired) electrons. The fourth-order valence-electron chi connectivity index (χ4n) is 3.27. The van der Waals surface area contributed by atoms with E-state index in [1.54, 1.807) is 53.4 Å². The van der Waals surface area contributed by atoms with Gasteiger partial charge in [-0.05, 0) is 36.4 Å². The quantitative estimate of drug-likeness (QED) is 0.698. The van der Waals surface area contributed by atoms with Crippen LogP contribution in [0.4, 0.5) is 24.5 Å². The predicted octanol–water partition coefficient (Wildman–Crippen LogP) is 3.71. The Morgan fingerprint density at radius 2 is 1.52 bits per heavy atom. The highest BCUT2D eigenvalue weighted by Gasteiger charge is 2.32. The molecule has 166 valence electrons. The fraction of sp³-hybridized carbons (Fsp3) is 0.333. The Bertz CT molecular complexity index is 914. The third-order valence-electron chi connectivity index (χ3n) is 4.78. The monoisotopic (exact) mass is 454 g/mol. The number of piperazine rings is 1. The van der Waals surface area contributed by atoms with E-state index in [1.165, 1.54) is 4.90 Å². The van der Waals surface area contributed by atoms with Crippen LogP contribution in [0.15, 0.2) is 48.5 Å². The first-order valence-corrected chi connectivity index (χ1v) is 10.0. The van der Waals surface area contributed by atoms with Crippen LogP contribution in [-0.2, 0) is 4.79 Å². The van der Waals surface area contributed by atoms with Gasteiger partial charge in [-0.2, -0.15) is 13.2 Å². The number of benzene rings is 2. The van der Waals surface area contributed by atoms with Gasteiger partial charge in [0.25, 0.3) is 5.91 Å². The van der Waals surface area contributed by atoms with Crippen molar-refractivity contribution in [3.05, 3.63) is 59.1 Å². The Labute approximate surface area is 183 Å². The summed E-state index contributed by atoms with van der Waals surface area (Å²) >= 11 is 5.85. The van der Waals surface area contributed by atoms with Crippen molar-refractivity contribution in [2.24, 2.45) is 0 Å². The third kappa shape index (κ3) is 7.23. The van der Waals surface area contributed by atoms with Crippen molar-refractivity contribution in [1.82, 2.24) is 9.80 Å². The lowest BCUT2D eigenvalue weighted by Gasteiger charge is -2.34. The van der Waals surface area contributed by atoms with Gasteiger partial charge >= 0.3 is 6.18 Å². The van der Waals surface area contributed by atoms with Crippen LogP contribution in [-0.4, -0.2) is 67.1 Å². The number of nitrogens with zero attached hydrogens (tertiary/aromatic N) is 2. The lowest BCUT2D eigenvalue weighted by Crippen LogP contribution is -2.50. The normalized spacial score (nSPS) is 15.5. The van der Waals surface area contributed by atoms with E-state index in [1.807, 2.05) is 0 Å². The van der Waals surface area contributed by atoms with Gasteiger partial charge in [0.15, 0.2) is 0 Å². The van der Waals surface area contributed by atoms with Crippen molar-refractivity contribution in [2.45, 2.75) is 6.18 Å². The van der Waals surface area contributed by atoms with Crippen LogP contribution in [0.3, 0.4) is 0 Å². The molecule has 1 aliphatic heterocycles. The minimum atomic E-state index is -4.23. The highest BCUT2D eigenvalue weighted by atomic mass is 35.5. The van der Waals surface area contributed by atoms with Gasteiger partial charge in [0.2, 0.25) is 5.91 Å². The zero-order valence-electron chi connectivity index (χ0n) is 16.6. The maximum atomic E-state index is 12.6. The van der Waals surface area contributed by atoms with Gasteiger partial charge in [-0.25, -0.2) is 0 Å². The highest BCUT2D eigenvalue weighted by molar-refractivity contribution is 6.30. The second-order valence-electron chi connectivity index (χ2n) is 7.22. The van der Waals surface area contributed by atoms with Crippen LogP contribution in [0, 0.1) is 0 Å². The van der Waals surface area contributed by atoms with Gasteiger partial charge in [0, 0.05) is 36.9 Å². The number of para-hydroxylation sites is 1. The molecule has 0 aliphatic carbocycles. The summed E-state index contributed by atoms with van der Waals surface area (Å²) < 4.78 is 37.5. The molecule has 0 atom stereocenters. The van der Waals surface area contributed by atoms with E-state index >= 15 is 0 Å². The minimum absolute atomic E-state index is 0.0347. The Morgan fingerprint density at radius 3 is 2.16 bits per heavy atom. The number of hydrogen-bond acceptors (Lipinski definition) is 4. The van der Waals surface area contributed by atoms with Gasteiger partial charge in [-0.15, -0.1) is 0 Å². The zero-order valence-corrected chi connectivity index (χ0v) is 17.3. The molecule has 1 saturated heterocycles. The summed E-state index contributed by atoms with van der Waals surface area (Å²) in [6, 6.07) is 13.2. The summed E-state index contributed by atoms with van der Waals surface area (Å²) in [6.45, 7) is 0.306. The van der Waals surface area contributed by atoms with Crippen LogP contribution in [0.5, 0.6) is 0 Å². The van der Waals surface area contributed by atoms with Crippen LogP contribution >= 0.6 is 11.6 Å². The number of nitrogens with one attached hydrogen (secondary N) is 2. The van der Waals surface area contributed by atoms with Gasteiger partial charge < -0.3 is 10.6 Å². The van der Waals surface area contributed by atoms with Crippen molar-refractivity contribution in [3.8, 4) is 0 Å². The molecule has 3 rings (SSSR count). The number of hydrogen-bond donors (Lipinski definition) is 2. The van der Waals surface area contributed by atoms with E-state index in [9.17, 15) is 22.8 Å². The molecular weight excluding hydrogens is 433 g/mol. The van der Waals surface area contributed by atoms with E-state index in [2.05, 4.69) is 10.6 Å². The molecule has 1 aliphatic rings. The second kappa shape index (κ2) is 10.1. The standard InChI is InChI=1S/C21H22ClF3N4O2/c22-15-5-7-16(8-6-15)26-20(31)17-3-1-2-4-18(17)27-19(30)13-28-9-11-29(12-10-28)14-21(23,24)25/h1-8H,9-14H2,(H,26,31)(H,27,30). The Hall–Kier alpha value is -2.62. The SMILES string of the molecule is O=C(CN1CCN(CC(F)(F)F)CC1)Nc1ccccc1C(=O)Nc1ccc(Cl)cc1. The lowest BCUT2D eigenvalue weighted by atomic mass is 10.1. The number of carbonyl (C=O) groups is 2. The number of halogens is 4. The van der Waals surface area contributed by atoms with E-state index in [0.29, 0.717) is 35.1 Å². The number of anilines is 2. The summed E-state index contributed by atoms with van der Waals surface area (Å²) in [5, 5.41) is 6.02. The largest absolute Gasteiger partial charge is 0.401 e. The molecule has 2 amide bonds. The Balaban J connectivity index is 1.55. The molecule has 0 bridgehead atoms. The number of amides is 2. The molecule has 10 heteroatoms. The molecule has 2 aromatic rings. The first-order valence-electron chi connectivity index (χ1n) is 9.67. The molecule has 1 heterocycles. The van der Waals surface area contributed by atoms with Crippen molar-refractivity contribution in [2.75, 3.05) is 49.9 Å². The van der Waals surface area contributed by atoms with E-state index in [0.717, 1.165) is 0 Å². The molecule has 0 saturated carbocycles. The third-order valence-corrected chi connectivity index (χ3v) is 5.03. The van der Waals surface area contributed by atoms with E-state index in [4.69, 9.17) is 11.6 Å². The fourth-order valence-corrected chi connectivity index (χ4v) is 3.40. The highest BCUT2D eigenvalue weighted by Crippen LogP contribution is 2.20. The van der Waals surface area contributed by atoms with Gasteiger partial charge in [-0.1, -0.05) is 23.7 Å². The average Bonchev–Trinajstić information content (AvgIpc) is 2.70. The first-order chi connectivity index (χ1) is 14.7. The van der Waals surface area contributed by atoms with Crippen molar-refractivity contribution in [3.63, 3.8) is 0 Å². The predicted molar refractivity (Wildman–Crippen MR) is 113 cm³/mol. The van der Waals surface area contributed by atoms with Crippen molar-refractivity contribution < 1.29 is 22.8 Å². The van der Waals surface area contributed by atoms with Gasteiger partial charge in [0.1, 0.15) is 0 Å². The van der Waals surface area contributed by atoms with Crippen molar-refractivity contribution >= 4 is 34.8 Å². The van der Waals surface area contributed by atoms with Crippen LogP contribution in [0.1, 0.15) is 10.4 Å². The molecule has 0 spiro atoms. The number of rotatable bonds is 6. The molecule has 2 N–H and O–H groups in total.